The average Bonchev–Trinajstić information content (AvgIpc) is 2.95. The van der Waals surface area contributed by atoms with E-state index in [0.717, 1.165) is 29.1 Å². The number of unbranched alkanes of at least 4 members (excludes halogenated alkanes) is 7. The zero-order valence-electron chi connectivity index (χ0n) is 23.4. The van der Waals surface area contributed by atoms with Gasteiger partial charge in [-0.25, -0.2) is 9.97 Å². The van der Waals surface area contributed by atoms with Crippen molar-refractivity contribution < 1.29 is 0 Å². The van der Waals surface area contributed by atoms with Crippen LogP contribution in [0.1, 0.15) is 152 Å². The highest BCUT2D eigenvalue weighted by Gasteiger charge is 2.23. The molecule has 0 unspecified atom stereocenters. The van der Waals surface area contributed by atoms with Crippen LogP contribution in [0.4, 0.5) is 0 Å². The second kappa shape index (κ2) is 14.9. The summed E-state index contributed by atoms with van der Waals surface area (Å²) in [5.41, 5.74) is 4.02. The van der Waals surface area contributed by atoms with E-state index in [1.54, 1.807) is 0 Å². The van der Waals surface area contributed by atoms with E-state index in [0.29, 0.717) is 5.92 Å². The number of aromatic nitrogens is 2. The summed E-state index contributed by atoms with van der Waals surface area (Å²) in [6.07, 6.45) is 29.4. The molecule has 198 valence electrons. The van der Waals surface area contributed by atoms with Crippen LogP contribution in [-0.4, -0.2) is 9.97 Å². The predicted octanol–water partition coefficient (Wildman–Crippen LogP) is 10.6. The smallest absolute Gasteiger partial charge is 0.159 e. The summed E-state index contributed by atoms with van der Waals surface area (Å²) in [7, 11) is 0. The van der Waals surface area contributed by atoms with E-state index < -0.39 is 0 Å². The highest BCUT2D eigenvalue weighted by molar-refractivity contribution is 5.55. The molecule has 0 N–H and O–H groups in total. The second-order valence-corrected chi connectivity index (χ2v) is 12.1. The van der Waals surface area contributed by atoms with Crippen LogP contribution >= 0.6 is 0 Å². The normalized spacial score (nSPS) is 24.6. The summed E-state index contributed by atoms with van der Waals surface area (Å²) >= 11 is 0. The first-order chi connectivity index (χ1) is 17.8. The van der Waals surface area contributed by atoms with Crippen molar-refractivity contribution in [2.45, 2.75) is 141 Å². The lowest BCUT2D eigenvalue weighted by Gasteiger charge is -2.28. The maximum atomic E-state index is 4.79. The molecule has 0 atom stereocenters. The van der Waals surface area contributed by atoms with Gasteiger partial charge in [0.05, 0.1) is 0 Å². The number of nitrogens with zero attached hydrogens (tertiary/aromatic N) is 2. The Morgan fingerprint density at radius 3 is 1.69 bits per heavy atom. The number of benzene rings is 1. The fourth-order valence-electron chi connectivity index (χ4n) is 6.86. The molecule has 2 nitrogen and oxygen atoms in total. The van der Waals surface area contributed by atoms with Crippen molar-refractivity contribution in [3.63, 3.8) is 0 Å². The molecular weight excluding hydrogens is 436 g/mol. The zero-order valence-corrected chi connectivity index (χ0v) is 23.4. The van der Waals surface area contributed by atoms with Gasteiger partial charge in [0.15, 0.2) is 5.82 Å². The van der Waals surface area contributed by atoms with Crippen molar-refractivity contribution >= 4 is 0 Å². The third kappa shape index (κ3) is 8.15. The summed E-state index contributed by atoms with van der Waals surface area (Å²) < 4.78 is 0. The molecule has 0 radical (unpaired) electrons. The molecule has 0 saturated heterocycles. The fourth-order valence-corrected chi connectivity index (χ4v) is 6.86. The van der Waals surface area contributed by atoms with E-state index in [1.165, 1.54) is 127 Å². The van der Waals surface area contributed by atoms with Crippen LogP contribution in [-0.2, 0) is 0 Å². The lowest BCUT2D eigenvalue weighted by molar-refractivity contribution is 0.301. The van der Waals surface area contributed by atoms with Gasteiger partial charge >= 0.3 is 0 Å². The van der Waals surface area contributed by atoms with Gasteiger partial charge in [-0.2, -0.15) is 0 Å². The van der Waals surface area contributed by atoms with Gasteiger partial charge in [0.2, 0.25) is 0 Å². The van der Waals surface area contributed by atoms with E-state index >= 15 is 0 Å². The van der Waals surface area contributed by atoms with Crippen LogP contribution in [0.3, 0.4) is 0 Å². The van der Waals surface area contributed by atoms with Gasteiger partial charge in [-0.15, -0.1) is 0 Å². The standard InChI is InChI=1S/C34H52N2/c1-3-5-6-7-8-9-10-11-12-28-15-19-31(20-16-28)33-25-35-34(36-26-33)32-23-21-30(22-24-32)29-17-13-27(4-2)14-18-29/h21-29,31H,3-20H2,1-2H3. The van der Waals surface area contributed by atoms with E-state index in [9.17, 15) is 0 Å². The van der Waals surface area contributed by atoms with Gasteiger partial charge in [-0.1, -0.05) is 102 Å². The Morgan fingerprint density at radius 2 is 1.11 bits per heavy atom. The Labute approximate surface area is 222 Å². The molecule has 36 heavy (non-hydrogen) atoms. The molecule has 2 saturated carbocycles. The summed E-state index contributed by atoms with van der Waals surface area (Å²) in [4.78, 5) is 9.58. The minimum Gasteiger partial charge on any atom is -0.236 e. The molecule has 1 heterocycles. The molecule has 2 heteroatoms. The molecule has 2 aliphatic carbocycles. The van der Waals surface area contributed by atoms with Gasteiger partial charge in [-0.3, -0.25) is 0 Å². The summed E-state index contributed by atoms with van der Waals surface area (Å²) in [5, 5.41) is 0. The summed E-state index contributed by atoms with van der Waals surface area (Å²) in [6.45, 7) is 4.64. The molecule has 0 spiro atoms. The Kier molecular flexibility index (Phi) is 11.3. The van der Waals surface area contributed by atoms with Crippen molar-refractivity contribution in [3.05, 3.63) is 47.8 Å². The van der Waals surface area contributed by atoms with E-state index in [1.807, 2.05) is 0 Å². The third-order valence-corrected chi connectivity index (χ3v) is 9.52. The third-order valence-electron chi connectivity index (χ3n) is 9.52. The Morgan fingerprint density at radius 1 is 0.583 bits per heavy atom. The van der Waals surface area contributed by atoms with Gasteiger partial charge < -0.3 is 0 Å². The van der Waals surface area contributed by atoms with E-state index in [2.05, 4.69) is 50.5 Å². The Balaban J connectivity index is 1.17. The highest BCUT2D eigenvalue weighted by atomic mass is 14.9. The SMILES string of the molecule is CCCCCCCCCCC1CCC(c2cnc(-c3ccc(C4CCC(CC)CC4)cc3)nc2)CC1. The van der Waals surface area contributed by atoms with Crippen molar-refractivity contribution in [1.29, 1.82) is 0 Å². The van der Waals surface area contributed by atoms with Crippen LogP contribution in [0.2, 0.25) is 0 Å². The number of hydrogen-bond donors (Lipinski definition) is 0. The minimum atomic E-state index is 0.662. The number of hydrogen-bond acceptors (Lipinski definition) is 2. The molecule has 2 aliphatic rings. The quantitative estimate of drug-likeness (QED) is 0.262. The van der Waals surface area contributed by atoms with Crippen LogP contribution < -0.4 is 0 Å². The van der Waals surface area contributed by atoms with Crippen molar-refractivity contribution in [2.75, 3.05) is 0 Å². The van der Waals surface area contributed by atoms with Crippen molar-refractivity contribution in [3.8, 4) is 11.4 Å². The van der Waals surface area contributed by atoms with Crippen LogP contribution in [0, 0.1) is 11.8 Å². The van der Waals surface area contributed by atoms with Crippen LogP contribution in [0.25, 0.3) is 11.4 Å². The van der Waals surface area contributed by atoms with Gasteiger partial charge in [0, 0.05) is 18.0 Å². The van der Waals surface area contributed by atoms with Crippen molar-refractivity contribution in [2.24, 2.45) is 11.8 Å². The highest BCUT2D eigenvalue weighted by Crippen LogP contribution is 2.39. The second-order valence-electron chi connectivity index (χ2n) is 12.1. The topological polar surface area (TPSA) is 25.8 Å². The molecule has 0 bridgehead atoms. The molecule has 0 aliphatic heterocycles. The minimum absolute atomic E-state index is 0.662. The molecule has 4 rings (SSSR count). The molecule has 1 aromatic carbocycles. The van der Waals surface area contributed by atoms with Crippen LogP contribution in [0.15, 0.2) is 36.7 Å². The van der Waals surface area contributed by atoms with Gasteiger partial charge in [0.25, 0.3) is 0 Å². The van der Waals surface area contributed by atoms with Crippen molar-refractivity contribution in [1.82, 2.24) is 9.97 Å². The molecular formula is C34H52N2. The average molecular weight is 489 g/mol. The Hall–Kier alpha value is -1.70. The van der Waals surface area contributed by atoms with Gasteiger partial charge in [-0.05, 0) is 86.2 Å². The number of rotatable bonds is 13. The predicted molar refractivity (Wildman–Crippen MR) is 154 cm³/mol. The largest absolute Gasteiger partial charge is 0.236 e. The van der Waals surface area contributed by atoms with E-state index in [-0.39, 0.29) is 0 Å². The maximum Gasteiger partial charge on any atom is 0.159 e. The molecule has 2 fully saturated rings. The molecule has 2 aromatic rings. The Bertz CT molecular complexity index is 840. The first kappa shape index (κ1) is 27.3. The fraction of sp³-hybridized carbons (Fsp3) is 0.706. The zero-order chi connectivity index (χ0) is 25.0. The first-order valence-corrected chi connectivity index (χ1v) is 15.7. The van der Waals surface area contributed by atoms with Gasteiger partial charge in [0.1, 0.15) is 0 Å². The lowest BCUT2D eigenvalue weighted by Crippen LogP contribution is -2.14. The maximum absolute atomic E-state index is 4.79. The van der Waals surface area contributed by atoms with Crippen LogP contribution in [0.5, 0.6) is 0 Å². The molecule has 1 aromatic heterocycles. The summed E-state index contributed by atoms with van der Waals surface area (Å²) in [6, 6.07) is 9.15. The molecule has 0 amide bonds. The monoisotopic (exact) mass is 488 g/mol. The summed E-state index contributed by atoms with van der Waals surface area (Å²) in [5.74, 6) is 4.20. The van der Waals surface area contributed by atoms with E-state index in [4.69, 9.17) is 9.97 Å². The lowest BCUT2D eigenvalue weighted by atomic mass is 9.77. The first-order valence-electron chi connectivity index (χ1n) is 15.7.